The number of carbonyl (C=O) groups excluding carboxylic acids is 3. The third kappa shape index (κ3) is 2.76. The van der Waals surface area contributed by atoms with Gasteiger partial charge < -0.3 is 10.1 Å². The van der Waals surface area contributed by atoms with E-state index in [1.807, 2.05) is 0 Å². The number of carbonyl (C=O) groups is 3. The molecule has 1 saturated heterocycles. The Morgan fingerprint density at radius 3 is 2.50 bits per heavy atom. The molecule has 4 rings (SSSR count). The Kier molecular flexibility index (Phi) is 4.39. The van der Waals surface area contributed by atoms with E-state index in [0.29, 0.717) is 28.3 Å². The van der Waals surface area contributed by atoms with E-state index in [4.69, 9.17) is 16.3 Å². The van der Waals surface area contributed by atoms with Gasteiger partial charge in [0.25, 0.3) is 0 Å². The molecule has 3 aliphatic rings. The molecule has 2 bridgehead atoms. The van der Waals surface area contributed by atoms with Gasteiger partial charge in [-0.15, -0.1) is 0 Å². The molecular weight excluding hydrogens is 356 g/mol. The maximum absolute atomic E-state index is 12.6. The van der Waals surface area contributed by atoms with E-state index in [1.165, 1.54) is 12.0 Å². The molecule has 7 heteroatoms. The van der Waals surface area contributed by atoms with Crippen molar-refractivity contribution in [3.8, 4) is 5.75 Å². The van der Waals surface area contributed by atoms with Gasteiger partial charge in [-0.2, -0.15) is 0 Å². The van der Waals surface area contributed by atoms with Crippen molar-refractivity contribution in [2.45, 2.75) is 25.7 Å². The first-order valence-corrected chi connectivity index (χ1v) is 9.36. The number of hydrogen-bond acceptors (Lipinski definition) is 4. The van der Waals surface area contributed by atoms with Crippen LogP contribution in [0, 0.1) is 23.7 Å². The SMILES string of the molecule is COc1ccc(Cl)cc1NC(=O)CCN1C(=O)[C@@H]2[C@H]3CC[C@H](C3)[C@@H]2C1=O. The number of rotatable bonds is 5. The van der Waals surface area contributed by atoms with Crippen molar-refractivity contribution in [2.24, 2.45) is 23.7 Å². The number of ether oxygens (including phenoxy) is 1. The number of imide groups is 1. The van der Waals surface area contributed by atoms with Crippen LogP contribution in [0.5, 0.6) is 5.75 Å². The average molecular weight is 377 g/mol. The maximum atomic E-state index is 12.6. The predicted octanol–water partition coefficient (Wildman–Crippen LogP) is 2.71. The summed E-state index contributed by atoms with van der Waals surface area (Å²) < 4.78 is 5.20. The summed E-state index contributed by atoms with van der Waals surface area (Å²) in [5, 5.41) is 3.22. The van der Waals surface area contributed by atoms with Gasteiger partial charge in [-0.1, -0.05) is 11.6 Å². The Labute approximate surface area is 156 Å². The summed E-state index contributed by atoms with van der Waals surface area (Å²) in [4.78, 5) is 38.9. The number of nitrogens with one attached hydrogen (secondary N) is 1. The van der Waals surface area contributed by atoms with Gasteiger partial charge >= 0.3 is 0 Å². The fraction of sp³-hybridized carbons (Fsp3) is 0.526. The third-order valence-corrected chi connectivity index (χ3v) is 6.25. The van der Waals surface area contributed by atoms with Crippen LogP contribution in [0.25, 0.3) is 0 Å². The first-order valence-electron chi connectivity index (χ1n) is 8.98. The van der Waals surface area contributed by atoms with Gasteiger partial charge in [0, 0.05) is 18.0 Å². The molecule has 2 aliphatic carbocycles. The maximum Gasteiger partial charge on any atom is 0.233 e. The van der Waals surface area contributed by atoms with Crippen molar-refractivity contribution >= 4 is 35.0 Å². The molecule has 3 fully saturated rings. The van der Waals surface area contributed by atoms with Crippen LogP contribution >= 0.6 is 11.6 Å². The molecule has 1 aliphatic heterocycles. The first-order chi connectivity index (χ1) is 12.5. The number of halogens is 1. The number of nitrogens with zero attached hydrogens (tertiary/aromatic N) is 1. The molecule has 1 heterocycles. The van der Waals surface area contributed by atoms with Crippen LogP contribution in [0.1, 0.15) is 25.7 Å². The smallest absolute Gasteiger partial charge is 0.233 e. The molecule has 0 unspecified atom stereocenters. The van der Waals surface area contributed by atoms with Crippen LogP contribution in [-0.2, 0) is 14.4 Å². The summed E-state index contributed by atoms with van der Waals surface area (Å²) in [6, 6.07) is 4.94. The van der Waals surface area contributed by atoms with Gasteiger partial charge in [-0.3, -0.25) is 19.3 Å². The summed E-state index contributed by atoms with van der Waals surface area (Å²) in [5.41, 5.74) is 0.471. The Morgan fingerprint density at radius 1 is 1.23 bits per heavy atom. The minimum atomic E-state index is -0.286. The van der Waals surface area contributed by atoms with Gasteiger partial charge in [-0.05, 0) is 49.3 Å². The third-order valence-electron chi connectivity index (χ3n) is 6.02. The summed E-state index contributed by atoms with van der Waals surface area (Å²) in [6.07, 6.45) is 3.17. The van der Waals surface area contributed by atoms with E-state index in [1.54, 1.807) is 18.2 Å². The van der Waals surface area contributed by atoms with Crippen LogP contribution in [0.4, 0.5) is 5.69 Å². The monoisotopic (exact) mass is 376 g/mol. The molecule has 2 saturated carbocycles. The van der Waals surface area contributed by atoms with E-state index >= 15 is 0 Å². The van der Waals surface area contributed by atoms with Crippen molar-refractivity contribution in [1.82, 2.24) is 4.90 Å². The minimum absolute atomic E-state index is 0.0575. The fourth-order valence-corrected chi connectivity index (χ4v) is 5.07. The number of anilines is 1. The molecule has 0 spiro atoms. The fourth-order valence-electron chi connectivity index (χ4n) is 4.89. The summed E-state index contributed by atoms with van der Waals surface area (Å²) in [6.45, 7) is 0.124. The summed E-state index contributed by atoms with van der Waals surface area (Å²) in [5.74, 6) is 0.482. The second kappa shape index (κ2) is 6.58. The lowest BCUT2D eigenvalue weighted by molar-refractivity contribution is -0.140. The lowest BCUT2D eigenvalue weighted by atomic mass is 9.81. The van der Waals surface area contributed by atoms with E-state index in [0.717, 1.165) is 19.3 Å². The minimum Gasteiger partial charge on any atom is -0.495 e. The molecule has 138 valence electrons. The number of likely N-dealkylation sites (tertiary alicyclic amines) is 1. The highest BCUT2D eigenvalue weighted by molar-refractivity contribution is 6.31. The number of benzene rings is 1. The quantitative estimate of drug-likeness (QED) is 0.802. The van der Waals surface area contributed by atoms with Crippen LogP contribution < -0.4 is 10.1 Å². The Hall–Kier alpha value is -2.08. The lowest BCUT2D eigenvalue weighted by Gasteiger charge is -2.19. The molecule has 3 amide bonds. The summed E-state index contributed by atoms with van der Waals surface area (Å²) >= 11 is 5.96. The molecule has 26 heavy (non-hydrogen) atoms. The normalized spacial score (nSPS) is 29.2. The highest BCUT2D eigenvalue weighted by Gasteiger charge is 2.60. The molecule has 6 nitrogen and oxygen atoms in total. The first kappa shape index (κ1) is 17.3. The summed E-state index contributed by atoms with van der Waals surface area (Å²) in [7, 11) is 1.51. The molecule has 0 radical (unpaired) electrons. The van der Waals surface area contributed by atoms with Crippen molar-refractivity contribution in [2.75, 3.05) is 19.0 Å². The van der Waals surface area contributed by atoms with Crippen molar-refractivity contribution in [1.29, 1.82) is 0 Å². The molecular formula is C19H21ClN2O4. The van der Waals surface area contributed by atoms with Crippen LogP contribution in [0.15, 0.2) is 18.2 Å². The van der Waals surface area contributed by atoms with E-state index < -0.39 is 0 Å². The van der Waals surface area contributed by atoms with E-state index in [-0.39, 0.29) is 42.5 Å². The zero-order valence-electron chi connectivity index (χ0n) is 14.5. The van der Waals surface area contributed by atoms with Crippen LogP contribution in [0.2, 0.25) is 5.02 Å². The molecule has 1 N–H and O–H groups in total. The van der Waals surface area contributed by atoms with Crippen LogP contribution in [0.3, 0.4) is 0 Å². The van der Waals surface area contributed by atoms with Gasteiger partial charge in [-0.25, -0.2) is 0 Å². The topological polar surface area (TPSA) is 75.7 Å². The number of fused-ring (bicyclic) bond motifs is 5. The van der Waals surface area contributed by atoms with E-state index in [9.17, 15) is 14.4 Å². The van der Waals surface area contributed by atoms with Crippen molar-refractivity contribution < 1.29 is 19.1 Å². The second-order valence-corrected chi connectivity index (χ2v) is 7.79. The van der Waals surface area contributed by atoms with Gasteiger partial charge in [0.2, 0.25) is 17.7 Å². The molecule has 1 aromatic carbocycles. The van der Waals surface area contributed by atoms with Gasteiger partial charge in [0.05, 0.1) is 24.6 Å². The zero-order chi connectivity index (χ0) is 18.4. The largest absolute Gasteiger partial charge is 0.495 e. The lowest BCUT2D eigenvalue weighted by Crippen LogP contribution is -2.35. The van der Waals surface area contributed by atoms with Crippen molar-refractivity contribution in [3.63, 3.8) is 0 Å². The predicted molar refractivity (Wildman–Crippen MR) is 95.8 cm³/mol. The van der Waals surface area contributed by atoms with Crippen LogP contribution in [-0.4, -0.2) is 36.3 Å². The second-order valence-electron chi connectivity index (χ2n) is 7.36. The number of methoxy groups -OCH3 is 1. The van der Waals surface area contributed by atoms with E-state index in [2.05, 4.69) is 5.32 Å². The molecule has 1 aromatic rings. The molecule has 4 atom stereocenters. The Bertz CT molecular complexity index is 753. The van der Waals surface area contributed by atoms with Gasteiger partial charge in [0.1, 0.15) is 5.75 Å². The Morgan fingerprint density at radius 2 is 1.88 bits per heavy atom. The zero-order valence-corrected chi connectivity index (χ0v) is 15.3. The number of amides is 3. The van der Waals surface area contributed by atoms with Crippen molar-refractivity contribution in [3.05, 3.63) is 23.2 Å². The molecule has 0 aromatic heterocycles. The Balaban J connectivity index is 1.39. The van der Waals surface area contributed by atoms with Gasteiger partial charge in [0.15, 0.2) is 0 Å². The average Bonchev–Trinajstić information content (AvgIpc) is 3.28. The highest BCUT2D eigenvalue weighted by atomic mass is 35.5. The highest BCUT2D eigenvalue weighted by Crippen LogP contribution is 2.56. The standard InChI is InChI=1S/C19H21ClN2O4/c1-26-14-5-4-12(20)9-13(14)21-15(23)6-7-22-18(24)16-10-2-3-11(8-10)17(16)19(22)25/h4-5,9-11,16-17H,2-3,6-8H2,1H3,(H,21,23)/t10-,11+,16+,17-. The number of hydrogen-bond donors (Lipinski definition) is 1.